The molecule has 0 saturated carbocycles. The molecule has 1 amide bonds. The molecule has 4 heteroatoms. The highest BCUT2D eigenvalue weighted by Gasteiger charge is 2.26. The normalized spacial score (nSPS) is 17.4. The van der Waals surface area contributed by atoms with Crippen LogP contribution in [0.1, 0.15) is 27.7 Å². The maximum absolute atomic E-state index is 12.1. The van der Waals surface area contributed by atoms with E-state index in [9.17, 15) is 4.79 Å². The third-order valence-corrected chi connectivity index (χ3v) is 3.54. The van der Waals surface area contributed by atoms with E-state index in [0.717, 1.165) is 11.3 Å². The van der Waals surface area contributed by atoms with Gasteiger partial charge in [-0.25, -0.2) is 0 Å². The van der Waals surface area contributed by atoms with Gasteiger partial charge in [-0.05, 0) is 24.6 Å². The molecule has 1 aliphatic rings. The first kappa shape index (κ1) is 12.1. The van der Waals surface area contributed by atoms with Gasteiger partial charge >= 0.3 is 0 Å². The van der Waals surface area contributed by atoms with Gasteiger partial charge < -0.3 is 10.6 Å². The monoisotopic (exact) mass is 272 g/mol. The molecule has 0 aromatic heterocycles. The number of fused-ring (bicyclic) bond motifs is 1. The summed E-state index contributed by atoms with van der Waals surface area (Å²) in [6.45, 7) is 2.03. The summed E-state index contributed by atoms with van der Waals surface area (Å²) in [6, 6.07) is 13.5. The van der Waals surface area contributed by atoms with Crippen LogP contribution in [0.15, 0.2) is 42.5 Å². The van der Waals surface area contributed by atoms with Crippen LogP contribution in [0.3, 0.4) is 0 Å². The van der Waals surface area contributed by atoms with Crippen LogP contribution in [0.4, 0.5) is 5.69 Å². The molecule has 3 nitrogen and oxygen atoms in total. The number of hydrogen-bond acceptors (Lipinski definition) is 2. The third-order valence-electron chi connectivity index (χ3n) is 3.23. The van der Waals surface area contributed by atoms with Crippen molar-refractivity contribution in [2.45, 2.75) is 13.1 Å². The number of anilines is 1. The van der Waals surface area contributed by atoms with Gasteiger partial charge in [-0.2, -0.15) is 0 Å². The number of carbonyl (C=O) groups excluding carboxylic acids is 1. The zero-order valence-electron chi connectivity index (χ0n) is 10.4. The highest BCUT2D eigenvalue weighted by molar-refractivity contribution is 6.34. The van der Waals surface area contributed by atoms with Crippen LogP contribution in [0.2, 0.25) is 5.02 Å². The number of halogens is 1. The molecule has 1 heterocycles. The van der Waals surface area contributed by atoms with Crippen molar-refractivity contribution in [3.05, 3.63) is 64.2 Å². The standard InChI is InChI=1S/C15H13ClN2O/c1-9-5-7-10(8-6-9)14-17-12-4-2-3-11(16)13(12)15(19)18-14/h2-8,14,17H,1H3,(H,18,19). The third kappa shape index (κ3) is 2.17. The van der Waals surface area contributed by atoms with Gasteiger partial charge in [0.2, 0.25) is 0 Å². The van der Waals surface area contributed by atoms with Crippen LogP contribution in [-0.2, 0) is 0 Å². The first-order valence-electron chi connectivity index (χ1n) is 6.07. The molecule has 1 aliphatic heterocycles. The number of aryl methyl sites for hydroxylation is 1. The smallest absolute Gasteiger partial charge is 0.256 e. The highest BCUT2D eigenvalue weighted by Crippen LogP contribution is 2.31. The fraction of sp³-hybridized carbons (Fsp3) is 0.133. The van der Waals surface area contributed by atoms with Gasteiger partial charge in [-0.1, -0.05) is 47.5 Å². The summed E-state index contributed by atoms with van der Waals surface area (Å²) >= 11 is 6.05. The summed E-state index contributed by atoms with van der Waals surface area (Å²) < 4.78 is 0. The molecule has 0 bridgehead atoms. The second-order valence-electron chi connectivity index (χ2n) is 4.62. The van der Waals surface area contributed by atoms with E-state index in [1.54, 1.807) is 6.07 Å². The van der Waals surface area contributed by atoms with Crippen LogP contribution in [0.5, 0.6) is 0 Å². The zero-order chi connectivity index (χ0) is 13.4. The average molecular weight is 273 g/mol. The van der Waals surface area contributed by atoms with Crippen molar-refractivity contribution in [3.8, 4) is 0 Å². The molecule has 0 spiro atoms. The van der Waals surface area contributed by atoms with E-state index in [4.69, 9.17) is 11.6 Å². The lowest BCUT2D eigenvalue weighted by Crippen LogP contribution is -2.38. The van der Waals surface area contributed by atoms with E-state index in [-0.39, 0.29) is 12.1 Å². The van der Waals surface area contributed by atoms with Crippen molar-refractivity contribution in [2.75, 3.05) is 5.32 Å². The summed E-state index contributed by atoms with van der Waals surface area (Å²) in [6.07, 6.45) is -0.223. The molecule has 3 rings (SSSR count). The molecule has 0 radical (unpaired) electrons. The predicted octanol–water partition coefficient (Wildman–Crippen LogP) is 3.50. The summed E-state index contributed by atoms with van der Waals surface area (Å²) in [5.41, 5.74) is 3.48. The Morgan fingerprint density at radius 1 is 1.05 bits per heavy atom. The van der Waals surface area contributed by atoms with E-state index in [1.165, 1.54) is 5.56 Å². The minimum atomic E-state index is -0.223. The number of carbonyl (C=O) groups is 1. The van der Waals surface area contributed by atoms with E-state index in [2.05, 4.69) is 10.6 Å². The van der Waals surface area contributed by atoms with Gasteiger partial charge in [0.25, 0.3) is 5.91 Å². The molecular formula is C15H13ClN2O. The molecule has 0 aliphatic carbocycles. The lowest BCUT2D eigenvalue weighted by atomic mass is 10.0. The Morgan fingerprint density at radius 3 is 2.53 bits per heavy atom. The van der Waals surface area contributed by atoms with Crippen molar-refractivity contribution in [1.29, 1.82) is 0 Å². The lowest BCUT2D eigenvalue weighted by molar-refractivity contribution is 0.0936. The van der Waals surface area contributed by atoms with E-state index in [0.29, 0.717) is 10.6 Å². The van der Waals surface area contributed by atoms with Crippen LogP contribution in [0, 0.1) is 6.92 Å². The molecule has 1 atom stereocenters. The molecule has 19 heavy (non-hydrogen) atoms. The van der Waals surface area contributed by atoms with Crippen molar-refractivity contribution in [3.63, 3.8) is 0 Å². The first-order chi connectivity index (χ1) is 9.15. The topological polar surface area (TPSA) is 41.1 Å². The Kier molecular flexibility index (Phi) is 2.91. The largest absolute Gasteiger partial charge is 0.361 e. The SMILES string of the molecule is Cc1ccc(C2NC(=O)c3c(Cl)cccc3N2)cc1. The molecule has 96 valence electrons. The Morgan fingerprint density at radius 2 is 1.79 bits per heavy atom. The van der Waals surface area contributed by atoms with Gasteiger partial charge in [0.05, 0.1) is 16.3 Å². The number of nitrogens with one attached hydrogen (secondary N) is 2. The minimum absolute atomic E-state index is 0.148. The van der Waals surface area contributed by atoms with Crippen LogP contribution in [-0.4, -0.2) is 5.91 Å². The van der Waals surface area contributed by atoms with E-state index in [1.807, 2.05) is 43.3 Å². The molecular weight excluding hydrogens is 260 g/mol. The number of benzene rings is 2. The summed E-state index contributed by atoms with van der Waals surface area (Å²) in [5, 5.41) is 6.67. The second kappa shape index (κ2) is 4.59. The van der Waals surface area contributed by atoms with Gasteiger partial charge in [-0.3, -0.25) is 4.79 Å². The quantitative estimate of drug-likeness (QED) is 0.834. The Bertz CT molecular complexity index is 637. The Labute approximate surface area is 116 Å². The van der Waals surface area contributed by atoms with Crippen molar-refractivity contribution in [1.82, 2.24) is 5.32 Å². The predicted molar refractivity (Wildman–Crippen MR) is 76.5 cm³/mol. The van der Waals surface area contributed by atoms with Crippen LogP contribution < -0.4 is 10.6 Å². The summed E-state index contributed by atoms with van der Waals surface area (Å²) in [5.74, 6) is -0.148. The van der Waals surface area contributed by atoms with Crippen molar-refractivity contribution in [2.24, 2.45) is 0 Å². The number of rotatable bonds is 1. The lowest BCUT2D eigenvalue weighted by Gasteiger charge is -2.28. The molecule has 2 N–H and O–H groups in total. The van der Waals surface area contributed by atoms with Gasteiger partial charge in [0, 0.05) is 0 Å². The fourth-order valence-electron chi connectivity index (χ4n) is 2.20. The maximum atomic E-state index is 12.1. The Hall–Kier alpha value is -2.00. The molecule has 2 aromatic rings. The molecule has 1 unspecified atom stereocenters. The number of hydrogen-bond donors (Lipinski definition) is 2. The molecule has 0 saturated heterocycles. The van der Waals surface area contributed by atoms with Gasteiger partial charge in [0.1, 0.15) is 6.17 Å². The van der Waals surface area contributed by atoms with Crippen molar-refractivity contribution >= 4 is 23.2 Å². The van der Waals surface area contributed by atoms with Crippen molar-refractivity contribution < 1.29 is 4.79 Å². The zero-order valence-corrected chi connectivity index (χ0v) is 11.2. The van der Waals surface area contributed by atoms with E-state index < -0.39 is 0 Å². The van der Waals surface area contributed by atoms with Crippen LogP contribution >= 0.6 is 11.6 Å². The molecule has 0 fully saturated rings. The number of amides is 1. The molecule has 2 aromatic carbocycles. The highest BCUT2D eigenvalue weighted by atomic mass is 35.5. The van der Waals surface area contributed by atoms with Crippen LogP contribution in [0.25, 0.3) is 0 Å². The second-order valence-corrected chi connectivity index (χ2v) is 5.03. The summed E-state index contributed by atoms with van der Waals surface area (Å²) in [4.78, 5) is 12.1. The van der Waals surface area contributed by atoms with Gasteiger partial charge in [0.15, 0.2) is 0 Å². The Balaban J connectivity index is 1.97. The maximum Gasteiger partial charge on any atom is 0.256 e. The average Bonchev–Trinajstić information content (AvgIpc) is 2.39. The minimum Gasteiger partial charge on any atom is -0.361 e. The van der Waals surface area contributed by atoms with Gasteiger partial charge in [-0.15, -0.1) is 0 Å². The summed E-state index contributed by atoms with van der Waals surface area (Å²) in [7, 11) is 0. The fourth-order valence-corrected chi connectivity index (χ4v) is 2.46. The first-order valence-corrected chi connectivity index (χ1v) is 6.45. The van der Waals surface area contributed by atoms with E-state index >= 15 is 0 Å².